The molecule has 0 saturated heterocycles. The molecule has 0 atom stereocenters. The van der Waals surface area contributed by atoms with Crippen LogP contribution in [0.5, 0.6) is 5.75 Å². The van der Waals surface area contributed by atoms with Crippen LogP contribution in [-0.4, -0.2) is 17.7 Å². The van der Waals surface area contributed by atoms with E-state index in [1.807, 2.05) is 0 Å². The second kappa shape index (κ2) is 7.30. The Morgan fingerprint density at radius 1 is 1.18 bits per heavy atom. The third kappa shape index (κ3) is 4.37. The van der Waals surface area contributed by atoms with Gasteiger partial charge in [-0.15, -0.1) is 0 Å². The number of allylic oxidation sites excluding steroid dienone is 1. The molecule has 2 aromatic carbocycles. The number of nitrogens with zero attached hydrogens (tertiary/aromatic N) is 1. The van der Waals surface area contributed by atoms with Crippen LogP contribution in [0.4, 0.5) is 0 Å². The van der Waals surface area contributed by atoms with Gasteiger partial charge in [-0.1, -0.05) is 35.9 Å². The Bertz CT molecular complexity index is 728. The lowest BCUT2D eigenvalue weighted by molar-refractivity contribution is -0.139. The summed E-state index contributed by atoms with van der Waals surface area (Å²) in [5.41, 5.74) is 2.10. The van der Waals surface area contributed by atoms with Crippen molar-refractivity contribution in [2.24, 2.45) is 0 Å². The predicted octanol–water partition coefficient (Wildman–Crippen LogP) is 3.87. The van der Waals surface area contributed by atoms with Crippen molar-refractivity contribution in [2.75, 3.05) is 6.61 Å². The van der Waals surface area contributed by atoms with Gasteiger partial charge in [0.2, 0.25) is 0 Å². The van der Waals surface area contributed by atoms with Crippen LogP contribution < -0.4 is 4.74 Å². The van der Waals surface area contributed by atoms with Gasteiger partial charge in [-0.05, 0) is 41.5 Å². The van der Waals surface area contributed by atoms with Crippen LogP contribution >= 0.6 is 11.6 Å². The molecule has 0 aliphatic heterocycles. The number of hydrogen-bond acceptors (Lipinski definition) is 3. The maximum absolute atomic E-state index is 10.4. The van der Waals surface area contributed by atoms with E-state index in [4.69, 9.17) is 21.4 Å². The molecule has 0 aliphatic rings. The van der Waals surface area contributed by atoms with Crippen molar-refractivity contribution >= 4 is 29.2 Å². The van der Waals surface area contributed by atoms with Gasteiger partial charge in [0.15, 0.2) is 6.61 Å². The highest BCUT2D eigenvalue weighted by atomic mass is 35.5. The lowest BCUT2D eigenvalue weighted by Gasteiger charge is -2.04. The van der Waals surface area contributed by atoms with Gasteiger partial charge in [0, 0.05) is 5.02 Å². The molecular weight excluding hydrogens is 302 g/mol. The highest BCUT2D eigenvalue weighted by Gasteiger charge is 2.02. The molecule has 0 saturated carbocycles. The number of rotatable bonds is 5. The molecule has 0 radical (unpaired) electrons. The molecule has 0 aromatic heterocycles. The number of benzene rings is 2. The fraction of sp³-hybridized carbons (Fsp3) is 0.0588. The van der Waals surface area contributed by atoms with Gasteiger partial charge in [0.05, 0.1) is 11.6 Å². The lowest BCUT2D eigenvalue weighted by Crippen LogP contribution is -2.09. The van der Waals surface area contributed by atoms with E-state index in [-0.39, 0.29) is 6.61 Å². The summed E-state index contributed by atoms with van der Waals surface area (Å²) in [6, 6.07) is 16.0. The SMILES string of the molecule is N#C/C(=C\c1ccc(OCC(=O)O)cc1)c1ccc(Cl)cc1. The molecule has 0 amide bonds. The standard InChI is InChI=1S/C17H12ClNO3/c18-15-5-3-13(4-6-15)14(10-19)9-12-1-7-16(8-2-12)22-11-17(20)21/h1-9H,11H2,(H,20,21)/b14-9+. The first-order valence-corrected chi connectivity index (χ1v) is 6.78. The third-order valence-corrected chi connectivity index (χ3v) is 3.08. The van der Waals surface area contributed by atoms with Crippen molar-refractivity contribution in [1.29, 1.82) is 5.26 Å². The van der Waals surface area contributed by atoms with Crippen LogP contribution in [-0.2, 0) is 4.79 Å². The molecule has 5 heteroatoms. The third-order valence-electron chi connectivity index (χ3n) is 2.83. The van der Waals surface area contributed by atoms with E-state index in [9.17, 15) is 10.1 Å². The number of halogens is 1. The van der Waals surface area contributed by atoms with E-state index in [2.05, 4.69) is 6.07 Å². The molecule has 22 heavy (non-hydrogen) atoms. The van der Waals surface area contributed by atoms with Gasteiger partial charge < -0.3 is 9.84 Å². The number of carboxylic acid groups (broad SMARTS) is 1. The number of carbonyl (C=O) groups is 1. The minimum absolute atomic E-state index is 0.386. The number of ether oxygens (including phenoxy) is 1. The van der Waals surface area contributed by atoms with Gasteiger partial charge in [-0.2, -0.15) is 5.26 Å². The van der Waals surface area contributed by atoms with Crippen molar-refractivity contribution in [3.05, 3.63) is 64.7 Å². The topological polar surface area (TPSA) is 70.3 Å². The van der Waals surface area contributed by atoms with Crippen molar-refractivity contribution in [1.82, 2.24) is 0 Å². The van der Waals surface area contributed by atoms with Crippen LogP contribution in [0.25, 0.3) is 11.6 Å². The summed E-state index contributed by atoms with van der Waals surface area (Å²) in [7, 11) is 0. The second-order valence-corrected chi connectivity index (χ2v) is 4.86. The van der Waals surface area contributed by atoms with Gasteiger partial charge in [-0.3, -0.25) is 0 Å². The molecule has 2 rings (SSSR count). The molecule has 0 bridgehead atoms. The Morgan fingerprint density at radius 3 is 2.36 bits per heavy atom. The van der Waals surface area contributed by atoms with Gasteiger partial charge >= 0.3 is 5.97 Å². The normalized spacial score (nSPS) is 10.8. The maximum Gasteiger partial charge on any atom is 0.341 e. The van der Waals surface area contributed by atoms with E-state index in [1.54, 1.807) is 54.6 Å². The Labute approximate surface area is 132 Å². The molecule has 0 unspecified atom stereocenters. The van der Waals surface area contributed by atoms with Crippen molar-refractivity contribution in [3.63, 3.8) is 0 Å². The monoisotopic (exact) mass is 313 g/mol. The largest absolute Gasteiger partial charge is 0.482 e. The Hall–Kier alpha value is -2.77. The van der Waals surface area contributed by atoms with E-state index in [0.717, 1.165) is 11.1 Å². The number of hydrogen-bond donors (Lipinski definition) is 1. The maximum atomic E-state index is 10.4. The summed E-state index contributed by atoms with van der Waals surface area (Å²) in [5, 5.41) is 18.4. The number of aliphatic carboxylic acids is 1. The summed E-state index contributed by atoms with van der Waals surface area (Å²) in [4.78, 5) is 10.4. The molecule has 0 aliphatic carbocycles. The first kappa shape index (κ1) is 15.6. The van der Waals surface area contributed by atoms with Gasteiger partial charge in [0.1, 0.15) is 5.75 Å². The summed E-state index contributed by atoms with van der Waals surface area (Å²) in [5.74, 6) is -0.567. The van der Waals surface area contributed by atoms with Crippen molar-refractivity contribution < 1.29 is 14.6 Å². The Balaban J connectivity index is 2.18. The zero-order chi connectivity index (χ0) is 15.9. The average Bonchev–Trinajstić information content (AvgIpc) is 2.52. The van der Waals surface area contributed by atoms with Crippen LogP contribution in [0.15, 0.2) is 48.5 Å². The molecule has 2 aromatic rings. The summed E-state index contributed by atoms with van der Waals surface area (Å²) in [6.45, 7) is -0.386. The van der Waals surface area contributed by atoms with Gasteiger partial charge in [0.25, 0.3) is 0 Å². The molecule has 4 nitrogen and oxygen atoms in total. The summed E-state index contributed by atoms with van der Waals surface area (Å²) < 4.78 is 5.05. The first-order chi connectivity index (χ1) is 10.6. The van der Waals surface area contributed by atoms with Crippen molar-refractivity contribution in [2.45, 2.75) is 0 Å². The van der Waals surface area contributed by atoms with Gasteiger partial charge in [-0.25, -0.2) is 4.79 Å². The minimum atomic E-state index is -1.03. The molecular formula is C17H12ClNO3. The van der Waals surface area contributed by atoms with Crippen LogP contribution in [0.3, 0.4) is 0 Å². The van der Waals surface area contributed by atoms with E-state index >= 15 is 0 Å². The molecule has 110 valence electrons. The quantitative estimate of drug-likeness (QED) is 0.672. The van der Waals surface area contributed by atoms with Crippen LogP contribution in [0.2, 0.25) is 5.02 Å². The molecule has 0 spiro atoms. The highest BCUT2D eigenvalue weighted by molar-refractivity contribution is 6.30. The Kier molecular flexibility index (Phi) is 5.18. The molecule has 1 N–H and O–H groups in total. The first-order valence-electron chi connectivity index (χ1n) is 6.41. The summed E-state index contributed by atoms with van der Waals surface area (Å²) in [6.07, 6.45) is 1.74. The zero-order valence-electron chi connectivity index (χ0n) is 11.5. The van der Waals surface area contributed by atoms with Crippen molar-refractivity contribution in [3.8, 4) is 11.8 Å². The summed E-state index contributed by atoms with van der Waals surface area (Å²) >= 11 is 5.83. The smallest absolute Gasteiger partial charge is 0.341 e. The van der Waals surface area contributed by atoms with E-state index < -0.39 is 5.97 Å². The average molecular weight is 314 g/mol. The highest BCUT2D eigenvalue weighted by Crippen LogP contribution is 2.21. The number of nitriles is 1. The molecule has 0 fully saturated rings. The van der Waals surface area contributed by atoms with E-state index in [0.29, 0.717) is 16.3 Å². The second-order valence-electron chi connectivity index (χ2n) is 4.43. The van der Waals surface area contributed by atoms with Crippen LogP contribution in [0.1, 0.15) is 11.1 Å². The minimum Gasteiger partial charge on any atom is -0.482 e. The zero-order valence-corrected chi connectivity index (χ0v) is 12.2. The van der Waals surface area contributed by atoms with Crippen LogP contribution in [0, 0.1) is 11.3 Å². The fourth-order valence-electron chi connectivity index (χ4n) is 1.78. The number of carboxylic acids is 1. The predicted molar refractivity (Wildman–Crippen MR) is 84.5 cm³/mol. The fourth-order valence-corrected chi connectivity index (χ4v) is 1.91. The Morgan fingerprint density at radius 2 is 1.82 bits per heavy atom. The van der Waals surface area contributed by atoms with E-state index in [1.165, 1.54) is 0 Å². The lowest BCUT2D eigenvalue weighted by atomic mass is 10.0. The molecule has 0 heterocycles.